The standard InChI is InChI=1S/C28H26Br2F3N3O4/c29-20-10-6-18(7-11-20)16-27(26(38)36-34-17-28(31,32)33)24(22-4-1-2-5-23(22)30)40-25(35-27)19-8-12-21(13-9-19)39-15-3-14-37/h1-2,4-13,24,34,37H,3,14-17H2,(H,36,38)/t24-,27-/m0/s1. The first-order valence-corrected chi connectivity index (χ1v) is 13.9. The van der Waals surface area contributed by atoms with E-state index in [1.54, 1.807) is 48.5 Å². The average Bonchev–Trinajstić information content (AvgIpc) is 3.30. The predicted octanol–water partition coefficient (Wildman–Crippen LogP) is 5.66. The first-order chi connectivity index (χ1) is 19.1. The summed E-state index contributed by atoms with van der Waals surface area (Å²) in [4.78, 5) is 18.6. The molecule has 0 saturated carbocycles. The van der Waals surface area contributed by atoms with Gasteiger partial charge in [0, 0.05) is 39.5 Å². The Hall–Kier alpha value is -2.93. The number of aliphatic hydroxyl groups is 1. The molecule has 1 aliphatic rings. The number of halogens is 5. The van der Waals surface area contributed by atoms with Crippen LogP contribution < -0.4 is 15.6 Å². The van der Waals surface area contributed by atoms with Crippen molar-refractivity contribution >= 4 is 43.7 Å². The zero-order valence-electron chi connectivity index (χ0n) is 21.1. The number of hydrazine groups is 1. The number of nitrogens with zero attached hydrogens (tertiary/aromatic N) is 1. The summed E-state index contributed by atoms with van der Waals surface area (Å²) in [5, 5.41) is 8.97. The number of hydrogen-bond donors (Lipinski definition) is 3. The van der Waals surface area contributed by atoms with Gasteiger partial charge in [0.15, 0.2) is 11.6 Å². The number of hydrogen-bond acceptors (Lipinski definition) is 6. The number of rotatable bonds is 11. The van der Waals surface area contributed by atoms with Crippen molar-refractivity contribution in [1.82, 2.24) is 10.9 Å². The van der Waals surface area contributed by atoms with Crippen molar-refractivity contribution in [2.75, 3.05) is 19.8 Å². The van der Waals surface area contributed by atoms with Gasteiger partial charge in [-0.25, -0.2) is 10.4 Å². The van der Waals surface area contributed by atoms with Crippen LogP contribution in [0.4, 0.5) is 13.2 Å². The van der Waals surface area contributed by atoms with E-state index in [0.717, 1.165) is 10.0 Å². The maximum Gasteiger partial charge on any atom is 0.402 e. The van der Waals surface area contributed by atoms with E-state index in [0.29, 0.717) is 34.4 Å². The summed E-state index contributed by atoms with van der Waals surface area (Å²) in [6.45, 7) is -1.06. The van der Waals surface area contributed by atoms with Crippen LogP contribution in [0.5, 0.6) is 5.75 Å². The van der Waals surface area contributed by atoms with Crippen molar-refractivity contribution in [3.8, 4) is 5.75 Å². The van der Waals surface area contributed by atoms with Crippen LogP contribution in [0.2, 0.25) is 0 Å². The number of ether oxygens (including phenoxy) is 2. The van der Waals surface area contributed by atoms with Gasteiger partial charge in [-0.3, -0.25) is 10.2 Å². The van der Waals surface area contributed by atoms with Gasteiger partial charge in [-0.15, -0.1) is 0 Å². The van der Waals surface area contributed by atoms with E-state index in [1.165, 1.54) is 0 Å². The van der Waals surface area contributed by atoms with E-state index in [4.69, 9.17) is 19.6 Å². The van der Waals surface area contributed by atoms with Crippen molar-refractivity contribution in [3.63, 3.8) is 0 Å². The van der Waals surface area contributed by atoms with Crippen molar-refractivity contribution in [3.05, 3.63) is 98.4 Å². The second-order valence-electron chi connectivity index (χ2n) is 9.04. The molecule has 3 N–H and O–H groups in total. The van der Waals surface area contributed by atoms with Crippen molar-refractivity contribution in [2.24, 2.45) is 4.99 Å². The zero-order chi connectivity index (χ0) is 28.8. The Morgan fingerprint density at radius 1 is 1.05 bits per heavy atom. The maximum absolute atomic E-state index is 13.8. The van der Waals surface area contributed by atoms with Crippen LogP contribution in [0, 0.1) is 0 Å². The summed E-state index contributed by atoms with van der Waals surface area (Å²) in [6, 6.07) is 21.3. The molecule has 0 unspecified atom stereocenters. The smallest absolute Gasteiger partial charge is 0.402 e. The first kappa shape index (κ1) is 30.0. The van der Waals surface area contributed by atoms with Gasteiger partial charge in [0.1, 0.15) is 12.3 Å². The number of benzene rings is 3. The summed E-state index contributed by atoms with van der Waals surface area (Å²) >= 11 is 6.93. The Morgan fingerprint density at radius 3 is 2.40 bits per heavy atom. The van der Waals surface area contributed by atoms with E-state index < -0.39 is 30.3 Å². The molecule has 2 atom stereocenters. The highest BCUT2D eigenvalue weighted by Crippen LogP contribution is 2.44. The number of carbonyl (C=O) groups is 1. The summed E-state index contributed by atoms with van der Waals surface area (Å²) in [7, 11) is 0. The number of amides is 1. The summed E-state index contributed by atoms with van der Waals surface area (Å²) in [6.07, 6.45) is -4.98. The van der Waals surface area contributed by atoms with Gasteiger partial charge in [-0.2, -0.15) is 13.2 Å². The van der Waals surface area contributed by atoms with Gasteiger partial charge < -0.3 is 14.6 Å². The van der Waals surface area contributed by atoms with E-state index in [9.17, 15) is 18.0 Å². The molecule has 1 aliphatic heterocycles. The Morgan fingerprint density at radius 2 is 1.75 bits per heavy atom. The highest BCUT2D eigenvalue weighted by Gasteiger charge is 2.54. The zero-order valence-corrected chi connectivity index (χ0v) is 24.2. The fourth-order valence-electron chi connectivity index (χ4n) is 4.19. The molecule has 212 valence electrons. The lowest BCUT2D eigenvalue weighted by Gasteiger charge is -2.31. The number of aliphatic imine (C=N–C) groups is 1. The summed E-state index contributed by atoms with van der Waals surface area (Å²) in [5.74, 6) is -0.0431. The van der Waals surface area contributed by atoms with Crippen LogP contribution in [-0.4, -0.2) is 48.4 Å². The molecule has 12 heteroatoms. The van der Waals surface area contributed by atoms with Crippen LogP contribution in [0.25, 0.3) is 0 Å². The van der Waals surface area contributed by atoms with Gasteiger partial charge >= 0.3 is 6.18 Å². The van der Waals surface area contributed by atoms with Crippen molar-refractivity contribution in [2.45, 2.75) is 30.7 Å². The van der Waals surface area contributed by atoms with E-state index in [2.05, 4.69) is 37.3 Å². The SMILES string of the molecule is O=C(NNCC(F)(F)F)[C@@]1(Cc2ccc(Br)cc2)N=C(c2ccc(OCCCO)cc2)O[C@H]1c1ccccc1Br. The third-order valence-electron chi connectivity index (χ3n) is 6.10. The molecule has 1 amide bonds. The molecule has 40 heavy (non-hydrogen) atoms. The van der Waals surface area contributed by atoms with Crippen molar-refractivity contribution < 1.29 is 32.5 Å². The van der Waals surface area contributed by atoms with Crippen LogP contribution in [0.15, 0.2) is 86.7 Å². The van der Waals surface area contributed by atoms with Gasteiger partial charge in [0.05, 0.1) is 6.61 Å². The number of nitrogens with one attached hydrogen (secondary N) is 2. The fraction of sp³-hybridized carbons (Fsp3) is 0.286. The number of alkyl halides is 3. The molecular weight excluding hydrogens is 659 g/mol. The van der Waals surface area contributed by atoms with E-state index in [1.807, 2.05) is 29.7 Å². The highest BCUT2D eigenvalue weighted by molar-refractivity contribution is 9.10. The molecule has 3 aromatic rings. The lowest BCUT2D eigenvalue weighted by Crippen LogP contribution is -2.55. The molecule has 0 saturated heterocycles. The molecule has 0 aliphatic carbocycles. The highest BCUT2D eigenvalue weighted by atomic mass is 79.9. The molecule has 0 aromatic heterocycles. The third kappa shape index (κ3) is 7.42. The van der Waals surface area contributed by atoms with Crippen LogP contribution in [-0.2, 0) is 16.0 Å². The van der Waals surface area contributed by atoms with E-state index >= 15 is 0 Å². The lowest BCUT2D eigenvalue weighted by atomic mass is 9.82. The fourth-order valence-corrected chi connectivity index (χ4v) is 4.95. The normalized spacial score (nSPS) is 18.6. The Kier molecular flexibility index (Phi) is 9.88. The molecular formula is C28H26Br2F3N3O4. The van der Waals surface area contributed by atoms with E-state index in [-0.39, 0.29) is 18.9 Å². The molecule has 3 aromatic carbocycles. The number of carbonyl (C=O) groups excluding carboxylic acids is 1. The topological polar surface area (TPSA) is 92.2 Å². The quantitative estimate of drug-likeness (QED) is 0.179. The molecule has 4 rings (SSSR count). The second-order valence-corrected chi connectivity index (χ2v) is 10.8. The first-order valence-electron chi connectivity index (χ1n) is 12.3. The van der Waals surface area contributed by atoms with Gasteiger partial charge in [-0.1, -0.05) is 62.2 Å². The molecule has 0 bridgehead atoms. The summed E-state index contributed by atoms with van der Waals surface area (Å²) < 4.78 is 52.1. The predicted molar refractivity (Wildman–Crippen MR) is 151 cm³/mol. The largest absolute Gasteiger partial charge is 0.494 e. The molecule has 1 heterocycles. The van der Waals surface area contributed by atoms with Gasteiger partial charge in [-0.05, 0) is 48.0 Å². The lowest BCUT2D eigenvalue weighted by molar-refractivity contribution is -0.136. The molecule has 0 spiro atoms. The minimum atomic E-state index is -4.53. The minimum absolute atomic E-state index is 0.0134. The molecule has 7 nitrogen and oxygen atoms in total. The Balaban J connectivity index is 1.76. The monoisotopic (exact) mass is 683 g/mol. The average molecular weight is 685 g/mol. The minimum Gasteiger partial charge on any atom is -0.494 e. The molecule has 0 radical (unpaired) electrons. The summed E-state index contributed by atoms with van der Waals surface area (Å²) in [5.41, 5.74) is 4.44. The van der Waals surface area contributed by atoms with Crippen molar-refractivity contribution in [1.29, 1.82) is 0 Å². The third-order valence-corrected chi connectivity index (χ3v) is 7.35. The number of aliphatic hydroxyl groups excluding tert-OH is 1. The second kappa shape index (κ2) is 13.2. The Bertz CT molecular complexity index is 1340. The Labute approximate surface area is 246 Å². The maximum atomic E-state index is 13.8. The van der Waals surface area contributed by atoms with Crippen LogP contribution in [0.3, 0.4) is 0 Å². The van der Waals surface area contributed by atoms with Crippen LogP contribution >= 0.6 is 31.9 Å². The van der Waals surface area contributed by atoms with Crippen LogP contribution in [0.1, 0.15) is 29.2 Å². The van der Waals surface area contributed by atoms with Gasteiger partial charge in [0.2, 0.25) is 5.90 Å². The molecule has 0 fully saturated rings. The van der Waals surface area contributed by atoms with Gasteiger partial charge in [0.25, 0.3) is 5.91 Å².